The zero-order valence-electron chi connectivity index (χ0n) is 16.1. The van der Waals surface area contributed by atoms with Crippen LogP contribution in [0.25, 0.3) is 16.7 Å². The molecular formula is C21H17F3N4O3. The van der Waals surface area contributed by atoms with E-state index in [9.17, 15) is 27.9 Å². The lowest BCUT2D eigenvalue weighted by atomic mass is 10.1. The molecule has 1 saturated heterocycles. The number of pyridine rings is 2. The van der Waals surface area contributed by atoms with Crippen molar-refractivity contribution in [3.63, 3.8) is 0 Å². The number of hydrogen-bond donors (Lipinski definition) is 2. The number of aromatic nitrogens is 2. The summed E-state index contributed by atoms with van der Waals surface area (Å²) in [5.74, 6) is -3.48. The Morgan fingerprint density at radius 1 is 1.16 bits per heavy atom. The summed E-state index contributed by atoms with van der Waals surface area (Å²) in [5, 5.41) is 9.07. The fourth-order valence-corrected chi connectivity index (χ4v) is 4.37. The van der Waals surface area contributed by atoms with Crippen LogP contribution in [0, 0.1) is 29.3 Å². The van der Waals surface area contributed by atoms with Gasteiger partial charge in [-0.2, -0.15) is 0 Å². The molecule has 3 atom stereocenters. The molecule has 31 heavy (non-hydrogen) atoms. The molecule has 2 aliphatic rings. The maximum absolute atomic E-state index is 15.0. The van der Waals surface area contributed by atoms with E-state index in [0.717, 1.165) is 35.4 Å². The van der Waals surface area contributed by atoms with Gasteiger partial charge in [0.15, 0.2) is 17.3 Å². The first-order chi connectivity index (χ1) is 14.7. The highest BCUT2D eigenvalue weighted by molar-refractivity contribution is 5.92. The summed E-state index contributed by atoms with van der Waals surface area (Å²) in [6, 6.07) is 3.48. The van der Waals surface area contributed by atoms with Gasteiger partial charge in [0, 0.05) is 31.4 Å². The number of rotatable bonds is 3. The van der Waals surface area contributed by atoms with Gasteiger partial charge in [0.2, 0.25) is 5.43 Å². The highest BCUT2D eigenvalue weighted by Crippen LogP contribution is 2.45. The molecule has 0 spiro atoms. The second kappa shape index (κ2) is 6.81. The number of nitrogens with two attached hydrogens (primary N) is 1. The summed E-state index contributed by atoms with van der Waals surface area (Å²) >= 11 is 0. The Morgan fingerprint density at radius 2 is 1.94 bits per heavy atom. The molecule has 2 aromatic heterocycles. The quantitative estimate of drug-likeness (QED) is 0.661. The SMILES string of the molecule is N[C@H]1CN(c2nc3c(cc2F)c(=O)c(C(=O)O)cn3-c2ccc(F)cc2F)C[C@@H]2C[C@@H]21. The van der Waals surface area contributed by atoms with Gasteiger partial charge in [-0.3, -0.25) is 9.36 Å². The van der Waals surface area contributed by atoms with Gasteiger partial charge >= 0.3 is 5.97 Å². The van der Waals surface area contributed by atoms with E-state index in [0.29, 0.717) is 31.0 Å². The zero-order valence-corrected chi connectivity index (χ0v) is 16.1. The first kappa shape index (κ1) is 19.6. The molecule has 5 rings (SSSR count). The average molecular weight is 430 g/mol. The number of halogens is 3. The van der Waals surface area contributed by atoms with Crippen LogP contribution in [0.2, 0.25) is 0 Å². The molecule has 1 aromatic carbocycles. The number of carbonyl (C=O) groups is 1. The van der Waals surface area contributed by atoms with Crippen LogP contribution in [-0.4, -0.2) is 39.8 Å². The molecule has 10 heteroatoms. The largest absolute Gasteiger partial charge is 0.477 e. The Labute approximate surface area is 173 Å². The minimum absolute atomic E-state index is 0.0490. The second-order valence-electron chi connectivity index (χ2n) is 8.04. The van der Waals surface area contributed by atoms with Crippen LogP contribution in [0.15, 0.2) is 35.3 Å². The number of nitrogens with zero attached hydrogens (tertiary/aromatic N) is 3. The third kappa shape index (κ3) is 3.14. The highest BCUT2D eigenvalue weighted by atomic mass is 19.1. The fourth-order valence-electron chi connectivity index (χ4n) is 4.37. The van der Waals surface area contributed by atoms with Crippen molar-refractivity contribution < 1.29 is 23.1 Å². The summed E-state index contributed by atoms with van der Waals surface area (Å²) in [6.07, 6.45) is 1.87. The molecule has 0 amide bonds. The van der Waals surface area contributed by atoms with Crippen LogP contribution in [0.4, 0.5) is 19.0 Å². The van der Waals surface area contributed by atoms with Crippen LogP contribution in [0.5, 0.6) is 0 Å². The van der Waals surface area contributed by atoms with E-state index in [1.54, 1.807) is 4.90 Å². The fraction of sp³-hybridized carbons (Fsp3) is 0.286. The van der Waals surface area contributed by atoms with Crippen molar-refractivity contribution in [1.29, 1.82) is 0 Å². The van der Waals surface area contributed by atoms with E-state index in [1.807, 2.05) is 0 Å². The molecule has 0 radical (unpaired) electrons. The van der Waals surface area contributed by atoms with Gasteiger partial charge < -0.3 is 15.7 Å². The number of hydrogen-bond acceptors (Lipinski definition) is 5. The van der Waals surface area contributed by atoms with Crippen molar-refractivity contribution >= 4 is 22.8 Å². The lowest BCUT2D eigenvalue weighted by Gasteiger charge is -2.31. The van der Waals surface area contributed by atoms with Crippen molar-refractivity contribution in [2.45, 2.75) is 12.5 Å². The smallest absolute Gasteiger partial charge is 0.341 e. The predicted octanol–water partition coefficient (Wildman–Crippen LogP) is 2.28. The lowest BCUT2D eigenvalue weighted by molar-refractivity contribution is 0.0695. The number of carboxylic acids is 1. The van der Waals surface area contributed by atoms with Gasteiger partial charge in [-0.1, -0.05) is 0 Å². The Morgan fingerprint density at radius 3 is 2.61 bits per heavy atom. The van der Waals surface area contributed by atoms with Crippen molar-refractivity contribution in [1.82, 2.24) is 9.55 Å². The van der Waals surface area contributed by atoms with Gasteiger partial charge in [-0.05, 0) is 36.5 Å². The predicted molar refractivity (Wildman–Crippen MR) is 106 cm³/mol. The molecule has 0 unspecified atom stereocenters. The van der Waals surface area contributed by atoms with Crippen LogP contribution in [0.1, 0.15) is 16.8 Å². The van der Waals surface area contributed by atoms with Gasteiger partial charge in [0.25, 0.3) is 0 Å². The maximum atomic E-state index is 15.0. The number of anilines is 1. The molecule has 160 valence electrons. The number of carboxylic acid groups (broad SMARTS) is 1. The van der Waals surface area contributed by atoms with Gasteiger partial charge in [0.1, 0.15) is 17.2 Å². The van der Waals surface area contributed by atoms with E-state index >= 15 is 0 Å². The summed E-state index contributed by atoms with van der Waals surface area (Å²) in [7, 11) is 0. The average Bonchev–Trinajstić information content (AvgIpc) is 3.49. The van der Waals surface area contributed by atoms with Gasteiger partial charge in [-0.25, -0.2) is 22.9 Å². The summed E-state index contributed by atoms with van der Waals surface area (Å²) in [6.45, 7) is 0.926. The number of benzene rings is 1. The molecule has 2 fully saturated rings. The molecular weight excluding hydrogens is 413 g/mol. The Bertz CT molecular complexity index is 1310. The number of piperidine rings is 1. The van der Waals surface area contributed by atoms with E-state index in [-0.39, 0.29) is 28.6 Å². The summed E-state index contributed by atoms with van der Waals surface area (Å²) < 4.78 is 43.9. The minimum Gasteiger partial charge on any atom is -0.477 e. The summed E-state index contributed by atoms with van der Waals surface area (Å²) in [4.78, 5) is 30.2. The molecule has 1 aliphatic heterocycles. The van der Waals surface area contributed by atoms with Crippen molar-refractivity contribution in [2.75, 3.05) is 18.0 Å². The first-order valence-corrected chi connectivity index (χ1v) is 9.69. The van der Waals surface area contributed by atoms with E-state index < -0.39 is 34.4 Å². The van der Waals surface area contributed by atoms with E-state index in [4.69, 9.17) is 5.73 Å². The Kier molecular flexibility index (Phi) is 4.30. The highest BCUT2D eigenvalue weighted by Gasteiger charge is 2.47. The third-order valence-corrected chi connectivity index (χ3v) is 6.03. The molecule has 3 aromatic rings. The van der Waals surface area contributed by atoms with Gasteiger partial charge in [-0.15, -0.1) is 0 Å². The van der Waals surface area contributed by atoms with Crippen LogP contribution in [0.3, 0.4) is 0 Å². The van der Waals surface area contributed by atoms with Crippen LogP contribution in [-0.2, 0) is 0 Å². The van der Waals surface area contributed by atoms with Crippen LogP contribution >= 0.6 is 0 Å². The standard InChI is InChI=1S/C21H17F3N4O3/c22-10-1-2-17(14(23)4-10)28-7-13(21(30)31)18(29)12-5-15(24)20(26-19(12)28)27-6-9-3-11(9)16(25)8-27/h1-2,4-5,7,9,11,16H,3,6,8,25H2,(H,30,31)/t9-,11-,16-/m0/s1. The van der Waals surface area contributed by atoms with E-state index in [2.05, 4.69) is 4.98 Å². The van der Waals surface area contributed by atoms with E-state index in [1.165, 1.54) is 0 Å². The maximum Gasteiger partial charge on any atom is 0.341 e. The molecule has 1 saturated carbocycles. The topological polar surface area (TPSA) is 101 Å². The Balaban J connectivity index is 1.77. The molecule has 0 bridgehead atoms. The molecule has 7 nitrogen and oxygen atoms in total. The van der Waals surface area contributed by atoms with Gasteiger partial charge in [0.05, 0.1) is 11.1 Å². The number of aromatic carboxylic acids is 1. The minimum atomic E-state index is -1.56. The second-order valence-corrected chi connectivity index (χ2v) is 8.04. The van der Waals surface area contributed by atoms with Crippen molar-refractivity contribution in [3.8, 4) is 5.69 Å². The normalized spacial score (nSPS) is 22.5. The zero-order chi connectivity index (χ0) is 22.0. The third-order valence-electron chi connectivity index (χ3n) is 6.03. The van der Waals surface area contributed by atoms with Crippen molar-refractivity contribution in [3.05, 3.63) is 63.7 Å². The molecule has 1 aliphatic carbocycles. The molecule has 3 N–H and O–H groups in total. The lowest BCUT2D eigenvalue weighted by Crippen LogP contribution is -2.45. The molecule has 3 heterocycles. The van der Waals surface area contributed by atoms with Crippen LogP contribution < -0.4 is 16.1 Å². The Hall–Kier alpha value is -3.40. The number of fused-ring (bicyclic) bond motifs is 2. The first-order valence-electron chi connectivity index (χ1n) is 9.69. The summed E-state index contributed by atoms with van der Waals surface area (Å²) in [5.41, 5.74) is 4.15. The van der Waals surface area contributed by atoms with Crippen molar-refractivity contribution in [2.24, 2.45) is 17.6 Å². The monoisotopic (exact) mass is 430 g/mol.